The van der Waals surface area contributed by atoms with Crippen LogP contribution >= 0.6 is 11.8 Å². The Morgan fingerprint density at radius 1 is 0.929 bits per heavy atom. The number of amides is 3. The summed E-state index contributed by atoms with van der Waals surface area (Å²) in [6.45, 7) is 6.11. The molecule has 0 radical (unpaired) electrons. The van der Waals surface area contributed by atoms with Crippen LogP contribution in [0.4, 0.5) is 0 Å². The highest BCUT2D eigenvalue weighted by Crippen LogP contribution is 2.07. The fraction of sp³-hybridized carbons (Fsp3) is 0.765. The van der Waals surface area contributed by atoms with Crippen molar-refractivity contribution in [2.45, 2.75) is 64.4 Å². The summed E-state index contributed by atoms with van der Waals surface area (Å²) in [5, 5.41) is 26.3. The maximum absolute atomic E-state index is 12.6. The van der Waals surface area contributed by atoms with Crippen LogP contribution in [0.3, 0.4) is 0 Å². The molecule has 5 unspecified atom stereocenters. The Hall–Kier alpha value is -1.85. The number of carbonyl (C=O) groups is 4. The molecule has 10 nitrogen and oxygen atoms in total. The number of aliphatic hydroxyl groups excluding tert-OH is 1. The number of rotatable bonds is 12. The molecule has 0 saturated carbocycles. The molecule has 0 aromatic heterocycles. The average Bonchev–Trinajstić information content (AvgIpc) is 2.59. The molecular formula is C17H32N4O6S. The molecule has 0 bridgehead atoms. The zero-order valence-corrected chi connectivity index (χ0v) is 17.7. The topological polar surface area (TPSA) is 171 Å². The molecule has 5 atom stereocenters. The number of carboxylic acid groups (broad SMARTS) is 1. The largest absolute Gasteiger partial charge is 0.480 e. The second-order valence-electron chi connectivity index (χ2n) is 6.93. The number of hydrogen-bond donors (Lipinski definition) is 6. The third-order valence-electron chi connectivity index (χ3n) is 3.95. The van der Waals surface area contributed by atoms with Gasteiger partial charge in [-0.05, 0) is 38.2 Å². The second-order valence-corrected chi connectivity index (χ2v) is 7.91. The van der Waals surface area contributed by atoms with Crippen LogP contribution in [-0.2, 0) is 19.2 Å². The molecule has 0 saturated heterocycles. The van der Waals surface area contributed by atoms with Crippen LogP contribution in [0.5, 0.6) is 0 Å². The lowest BCUT2D eigenvalue weighted by Crippen LogP contribution is -2.60. The zero-order chi connectivity index (χ0) is 22.0. The second kappa shape index (κ2) is 12.6. The van der Waals surface area contributed by atoms with Gasteiger partial charge in [0.25, 0.3) is 0 Å². The summed E-state index contributed by atoms with van der Waals surface area (Å²) in [5.74, 6) is -3.04. The minimum absolute atomic E-state index is 0.238. The first-order chi connectivity index (χ1) is 12.9. The number of thioether (sulfide) groups is 1. The van der Waals surface area contributed by atoms with Crippen molar-refractivity contribution in [1.82, 2.24) is 16.0 Å². The summed E-state index contributed by atoms with van der Waals surface area (Å²) in [7, 11) is 0. The van der Waals surface area contributed by atoms with Crippen LogP contribution in [0, 0.1) is 5.92 Å². The summed E-state index contributed by atoms with van der Waals surface area (Å²) in [6, 6.07) is -4.31. The van der Waals surface area contributed by atoms with Gasteiger partial charge >= 0.3 is 5.97 Å². The molecule has 0 aromatic rings. The normalized spacial score (nSPS) is 16.4. The van der Waals surface area contributed by atoms with Crippen molar-refractivity contribution in [3.8, 4) is 0 Å². The molecule has 0 aliphatic carbocycles. The highest BCUT2D eigenvalue weighted by Gasteiger charge is 2.33. The third kappa shape index (κ3) is 8.89. The summed E-state index contributed by atoms with van der Waals surface area (Å²) in [4.78, 5) is 48.2. The van der Waals surface area contributed by atoms with Gasteiger partial charge in [0.15, 0.2) is 0 Å². The van der Waals surface area contributed by atoms with Crippen molar-refractivity contribution in [3.63, 3.8) is 0 Å². The standard InChI is InChI=1S/C17H32N4O6S/c1-8(2)12(15(24)19-11(17(26)27)6-7-28-5)20-16(25)13(10(4)22)21-14(23)9(3)18/h8-13,22H,6-7,18H2,1-5H3,(H,19,24)(H,20,25)(H,21,23)(H,26,27). The quantitative estimate of drug-likeness (QED) is 0.225. The number of hydrogen-bond acceptors (Lipinski definition) is 7. The van der Waals surface area contributed by atoms with E-state index in [1.54, 1.807) is 13.8 Å². The fourth-order valence-corrected chi connectivity index (χ4v) is 2.69. The van der Waals surface area contributed by atoms with Crippen molar-refractivity contribution in [1.29, 1.82) is 0 Å². The van der Waals surface area contributed by atoms with Crippen LogP contribution in [-0.4, -0.2) is 76.2 Å². The van der Waals surface area contributed by atoms with Gasteiger partial charge in [0, 0.05) is 0 Å². The van der Waals surface area contributed by atoms with E-state index in [1.165, 1.54) is 25.6 Å². The number of carbonyl (C=O) groups excluding carboxylic acids is 3. The van der Waals surface area contributed by atoms with E-state index in [-0.39, 0.29) is 12.3 Å². The Kier molecular flexibility index (Phi) is 11.7. The average molecular weight is 421 g/mol. The summed E-state index contributed by atoms with van der Waals surface area (Å²) in [5.41, 5.74) is 5.46. The summed E-state index contributed by atoms with van der Waals surface area (Å²) in [6.07, 6.45) is 0.832. The Bertz CT molecular complexity index is 556. The van der Waals surface area contributed by atoms with E-state index in [9.17, 15) is 29.4 Å². The SMILES string of the molecule is CSCCC(NC(=O)C(NC(=O)C(NC(=O)C(C)N)C(C)O)C(C)C)C(=O)O. The van der Waals surface area contributed by atoms with E-state index in [0.29, 0.717) is 5.75 Å². The van der Waals surface area contributed by atoms with Crippen molar-refractivity contribution in [3.05, 3.63) is 0 Å². The highest BCUT2D eigenvalue weighted by atomic mass is 32.2. The van der Waals surface area contributed by atoms with Gasteiger partial charge in [-0.1, -0.05) is 13.8 Å². The molecule has 11 heteroatoms. The molecular weight excluding hydrogens is 388 g/mol. The van der Waals surface area contributed by atoms with Crippen LogP contribution in [0.1, 0.15) is 34.1 Å². The summed E-state index contributed by atoms with van der Waals surface area (Å²) >= 11 is 1.45. The van der Waals surface area contributed by atoms with E-state index in [1.807, 2.05) is 6.26 Å². The lowest BCUT2D eigenvalue weighted by molar-refractivity contribution is -0.142. The van der Waals surface area contributed by atoms with Gasteiger partial charge < -0.3 is 31.9 Å². The molecule has 0 rings (SSSR count). The number of aliphatic carboxylic acids is 1. The minimum Gasteiger partial charge on any atom is -0.480 e. The first-order valence-corrected chi connectivity index (χ1v) is 10.4. The highest BCUT2D eigenvalue weighted by molar-refractivity contribution is 7.98. The Morgan fingerprint density at radius 3 is 1.82 bits per heavy atom. The molecule has 0 aliphatic heterocycles. The van der Waals surface area contributed by atoms with Crippen LogP contribution in [0.15, 0.2) is 0 Å². The van der Waals surface area contributed by atoms with Gasteiger partial charge in [-0.3, -0.25) is 14.4 Å². The van der Waals surface area contributed by atoms with Crippen LogP contribution in [0.2, 0.25) is 0 Å². The van der Waals surface area contributed by atoms with Crippen molar-refractivity contribution >= 4 is 35.5 Å². The van der Waals surface area contributed by atoms with E-state index in [0.717, 1.165) is 0 Å². The molecule has 0 spiro atoms. The smallest absolute Gasteiger partial charge is 0.326 e. The van der Waals surface area contributed by atoms with Crippen molar-refractivity contribution < 1.29 is 29.4 Å². The van der Waals surface area contributed by atoms with Crippen LogP contribution in [0.25, 0.3) is 0 Å². The van der Waals surface area contributed by atoms with E-state index < -0.39 is 54.0 Å². The number of nitrogens with one attached hydrogen (secondary N) is 3. The zero-order valence-electron chi connectivity index (χ0n) is 16.9. The Labute approximate surface area is 169 Å². The molecule has 162 valence electrons. The number of nitrogens with two attached hydrogens (primary N) is 1. The van der Waals surface area contributed by atoms with E-state index in [2.05, 4.69) is 16.0 Å². The Balaban J connectivity index is 5.24. The molecule has 3 amide bonds. The van der Waals surface area contributed by atoms with Gasteiger partial charge in [0.05, 0.1) is 12.1 Å². The van der Waals surface area contributed by atoms with E-state index in [4.69, 9.17) is 5.73 Å². The molecule has 0 aromatic carbocycles. The van der Waals surface area contributed by atoms with Crippen LogP contribution < -0.4 is 21.7 Å². The fourth-order valence-electron chi connectivity index (χ4n) is 2.22. The predicted octanol–water partition coefficient (Wildman–Crippen LogP) is -1.34. The number of carboxylic acids is 1. The molecule has 0 aliphatic rings. The van der Waals surface area contributed by atoms with Gasteiger partial charge in [-0.15, -0.1) is 0 Å². The Morgan fingerprint density at radius 2 is 1.43 bits per heavy atom. The molecule has 0 heterocycles. The maximum atomic E-state index is 12.6. The maximum Gasteiger partial charge on any atom is 0.326 e. The predicted molar refractivity (Wildman–Crippen MR) is 107 cm³/mol. The van der Waals surface area contributed by atoms with Gasteiger partial charge in [-0.25, -0.2) is 4.79 Å². The lowest BCUT2D eigenvalue weighted by atomic mass is 10.0. The molecule has 28 heavy (non-hydrogen) atoms. The summed E-state index contributed by atoms with van der Waals surface area (Å²) < 4.78 is 0. The van der Waals surface area contributed by atoms with Gasteiger partial charge in [-0.2, -0.15) is 11.8 Å². The van der Waals surface area contributed by atoms with Crippen molar-refractivity contribution in [2.24, 2.45) is 11.7 Å². The lowest BCUT2D eigenvalue weighted by Gasteiger charge is -2.27. The first-order valence-electron chi connectivity index (χ1n) is 8.98. The van der Waals surface area contributed by atoms with Gasteiger partial charge in [0.2, 0.25) is 17.7 Å². The minimum atomic E-state index is -1.31. The first kappa shape index (κ1) is 26.1. The molecule has 7 N–H and O–H groups in total. The number of aliphatic hydroxyl groups is 1. The third-order valence-corrected chi connectivity index (χ3v) is 4.59. The van der Waals surface area contributed by atoms with Crippen molar-refractivity contribution in [2.75, 3.05) is 12.0 Å². The van der Waals surface area contributed by atoms with E-state index >= 15 is 0 Å². The monoisotopic (exact) mass is 420 g/mol. The molecule has 0 fully saturated rings. The van der Waals surface area contributed by atoms with Gasteiger partial charge in [0.1, 0.15) is 18.1 Å².